The lowest BCUT2D eigenvalue weighted by Gasteiger charge is -2.30. The van der Waals surface area contributed by atoms with Crippen LogP contribution in [0.1, 0.15) is 24.5 Å². The van der Waals surface area contributed by atoms with Gasteiger partial charge in [0.1, 0.15) is 11.6 Å². The summed E-state index contributed by atoms with van der Waals surface area (Å²) in [6.45, 7) is 0.927. The summed E-state index contributed by atoms with van der Waals surface area (Å²) in [5, 5.41) is 3.08. The fourth-order valence-electron chi connectivity index (χ4n) is 3.27. The van der Waals surface area contributed by atoms with Crippen molar-refractivity contribution in [2.45, 2.75) is 23.7 Å². The molecule has 0 radical (unpaired) electrons. The zero-order chi connectivity index (χ0) is 19.4. The van der Waals surface area contributed by atoms with E-state index in [9.17, 15) is 8.42 Å². The topological polar surface area (TPSA) is 101 Å². The van der Waals surface area contributed by atoms with E-state index in [1.54, 1.807) is 59.6 Å². The van der Waals surface area contributed by atoms with E-state index in [1.165, 1.54) is 0 Å². The lowest BCUT2D eigenvalue weighted by molar-refractivity contribution is 0.316. The molecule has 0 atom stereocenters. The maximum atomic E-state index is 12.8. The average Bonchev–Trinajstić information content (AvgIpc) is 2.75. The fourth-order valence-corrected chi connectivity index (χ4v) is 4.76. The standard InChI is InChI=1S/C19H20N6O2S/c26-28(27,16-4-2-1-3-5-16)25-10-6-15(7-11-25)17-12-21-14-19(23-17)24-18-13-20-8-9-22-18/h1-5,8-9,12-15H,6-7,10-11H2,(H,22,23,24). The van der Waals surface area contributed by atoms with Crippen molar-refractivity contribution < 1.29 is 8.42 Å². The third-order valence-corrected chi connectivity index (χ3v) is 6.64. The highest BCUT2D eigenvalue weighted by atomic mass is 32.2. The van der Waals surface area contributed by atoms with Crippen LogP contribution in [0.2, 0.25) is 0 Å². The van der Waals surface area contributed by atoms with Crippen LogP contribution in [0.5, 0.6) is 0 Å². The van der Waals surface area contributed by atoms with Gasteiger partial charge in [-0.3, -0.25) is 9.97 Å². The molecule has 0 unspecified atom stereocenters. The van der Waals surface area contributed by atoms with Crippen molar-refractivity contribution in [1.82, 2.24) is 24.2 Å². The molecule has 1 aliphatic heterocycles. The molecule has 0 bridgehead atoms. The van der Waals surface area contributed by atoms with Crippen LogP contribution in [0.4, 0.5) is 11.6 Å². The maximum Gasteiger partial charge on any atom is 0.243 e. The SMILES string of the molecule is O=S(=O)(c1ccccc1)N1CCC(c2cncc(Nc3cnccn3)n2)CC1. The van der Waals surface area contributed by atoms with Crippen molar-refractivity contribution in [2.24, 2.45) is 0 Å². The minimum Gasteiger partial charge on any atom is -0.322 e. The average molecular weight is 396 g/mol. The Morgan fingerprint density at radius 1 is 0.929 bits per heavy atom. The van der Waals surface area contributed by atoms with Crippen LogP contribution in [0.3, 0.4) is 0 Å². The first kappa shape index (κ1) is 18.5. The second kappa shape index (κ2) is 7.99. The Bertz CT molecular complexity index is 1020. The zero-order valence-corrected chi connectivity index (χ0v) is 16.0. The highest BCUT2D eigenvalue weighted by Gasteiger charge is 2.30. The molecule has 3 heterocycles. The number of anilines is 2. The molecule has 0 saturated carbocycles. The second-order valence-electron chi connectivity index (χ2n) is 6.54. The van der Waals surface area contributed by atoms with Gasteiger partial charge in [0, 0.05) is 37.6 Å². The molecule has 0 amide bonds. The van der Waals surface area contributed by atoms with Gasteiger partial charge in [-0.15, -0.1) is 0 Å². The molecule has 8 nitrogen and oxygen atoms in total. The lowest BCUT2D eigenvalue weighted by Crippen LogP contribution is -2.38. The van der Waals surface area contributed by atoms with Gasteiger partial charge in [0.25, 0.3) is 0 Å². The van der Waals surface area contributed by atoms with Gasteiger partial charge >= 0.3 is 0 Å². The fraction of sp³-hybridized carbons (Fsp3) is 0.263. The molecule has 2 aromatic heterocycles. The molecule has 1 aliphatic rings. The van der Waals surface area contributed by atoms with Crippen molar-refractivity contribution in [3.63, 3.8) is 0 Å². The highest BCUT2D eigenvalue weighted by molar-refractivity contribution is 7.89. The predicted octanol–water partition coefficient (Wildman–Crippen LogP) is 2.58. The zero-order valence-electron chi connectivity index (χ0n) is 15.1. The van der Waals surface area contributed by atoms with Gasteiger partial charge in [-0.2, -0.15) is 4.31 Å². The summed E-state index contributed by atoms with van der Waals surface area (Å²) >= 11 is 0. The number of rotatable bonds is 5. The Labute approximate surface area is 163 Å². The number of hydrogen-bond donors (Lipinski definition) is 1. The molecule has 28 heavy (non-hydrogen) atoms. The van der Waals surface area contributed by atoms with E-state index in [0.717, 1.165) is 5.69 Å². The molecule has 9 heteroatoms. The molecular weight excluding hydrogens is 376 g/mol. The van der Waals surface area contributed by atoms with E-state index in [4.69, 9.17) is 0 Å². The van der Waals surface area contributed by atoms with Crippen LogP contribution in [-0.2, 0) is 10.0 Å². The summed E-state index contributed by atoms with van der Waals surface area (Å²) in [5.41, 5.74) is 0.852. The molecule has 0 aliphatic carbocycles. The van der Waals surface area contributed by atoms with Gasteiger partial charge in [0.05, 0.1) is 23.0 Å². The smallest absolute Gasteiger partial charge is 0.243 e. The van der Waals surface area contributed by atoms with Crippen LogP contribution in [0.25, 0.3) is 0 Å². The monoisotopic (exact) mass is 396 g/mol. The molecule has 1 aromatic carbocycles. The Hall–Kier alpha value is -2.91. The van der Waals surface area contributed by atoms with E-state index in [1.807, 2.05) is 6.07 Å². The first-order valence-corrected chi connectivity index (χ1v) is 10.5. The second-order valence-corrected chi connectivity index (χ2v) is 8.47. The van der Waals surface area contributed by atoms with Crippen molar-refractivity contribution in [1.29, 1.82) is 0 Å². The van der Waals surface area contributed by atoms with E-state index < -0.39 is 10.0 Å². The third-order valence-electron chi connectivity index (χ3n) is 4.73. The van der Waals surface area contributed by atoms with Gasteiger partial charge in [-0.25, -0.2) is 18.4 Å². The Kier molecular flexibility index (Phi) is 5.27. The van der Waals surface area contributed by atoms with Crippen LogP contribution >= 0.6 is 0 Å². The van der Waals surface area contributed by atoms with Crippen LogP contribution in [-0.4, -0.2) is 45.7 Å². The maximum absolute atomic E-state index is 12.8. The quantitative estimate of drug-likeness (QED) is 0.707. The number of benzene rings is 1. The van der Waals surface area contributed by atoms with Crippen molar-refractivity contribution in [3.05, 3.63) is 67.0 Å². The molecule has 4 rings (SSSR count). The first-order chi connectivity index (χ1) is 13.6. The molecule has 144 valence electrons. The van der Waals surface area contributed by atoms with Crippen molar-refractivity contribution in [2.75, 3.05) is 18.4 Å². The van der Waals surface area contributed by atoms with E-state index in [2.05, 4.69) is 25.3 Å². The Morgan fingerprint density at radius 3 is 2.39 bits per heavy atom. The summed E-state index contributed by atoms with van der Waals surface area (Å²) in [6.07, 6.45) is 9.60. The Morgan fingerprint density at radius 2 is 1.68 bits per heavy atom. The largest absolute Gasteiger partial charge is 0.322 e. The molecule has 1 N–H and O–H groups in total. The van der Waals surface area contributed by atoms with Crippen molar-refractivity contribution >= 4 is 21.7 Å². The number of aromatic nitrogens is 4. The number of sulfonamides is 1. The lowest BCUT2D eigenvalue weighted by atomic mass is 9.95. The van der Waals surface area contributed by atoms with Crippen LogP contribution in [0.15, 0.2) is 66.2 Å². The van der Waals surface area contributed by atoms with Gasteiger partial charge in [0.15, 0.2) is 0 Å². The minimum atomic E-state index is -3.45. The van der Waals surface area contributed by atoms with Crippen LogP contribution in [0, 0.1) is 0 Å². The number of nitrogens with one attached hydrogen (secondary N) is 1. The van der Waals surface area contributed by atoms with Gasteiger partial charge < -0.3 is 5.32 Å². The summed E-state index contributed by atoms with van der Waals surface area (Å²) in [6, 6.07) is 8.56. The van der Waals surface area contributed by atoms with Gasteiger partial charge in [-0.1, -0.05) is 18.2 Å². The molecule has 1 fully saturated rings. The van der Waals surface area contributed by atoms with Crippen LogP contribution < -0.4 is 5.32 Å². The molecular formula is C19H20N6O2S. The molecule has 1 saturated heterocycles. The highest BCUT2D eigenvalue weighted by Crippen LogP contribution is 2.30. The minimum absolute atomic E-state index is 0.165. The van der Waals surface area contributed by atoms with Gasteiger partial charge in [-0.05, 0) is 25.0 Å². The summed E-state index contributed by atoms with van der Waals surface area (Å²) in [7, 11) is -3.45. The molecule has 0 spiro atoms. The number of hydrogen-bond acceptors (Lipinski definition) is 7. The predicted molar refractivity (Wildman–Crippen MR) is 105 cm³/mol. The van der Waals surface area contributed by atoms with E-state index in [-0.39, 0.29) is 5.92 Å². The summed E-state index contributed by atoms with van der Waals surface area (Å²) < 4.78 is 27.1. The number of piperidine rings is 1. The summed E-state index contributed by atoms with van der Waals surface area (Å²) in [5.74, 6) is 1.35. The Balaban J connectivity index is 1.43. The molecule has 3 aromatic rings. The van der Waals surface area contributed by atoms with E-state index in [0.29, 0.717) is 42.5 Å². The normalized spacial score (nSPS) is 16.0. The summed E-state index contributed by atoms with van der Waals surface area (Å²) in [4.78, 5) is 17.4. The number of nitrogens with zero attached hydrogens (tertiary/aromatic N) is 5. The van der Waals surface area contributed by atoms with Gasteiger partial charge in [0.2, 0.25) is 10.0 Å². The van der Waals surface area contributed by atoms with E-state index >= 15 is 0 Å². The third kappa shape index (κ3) is 4.00. The first-order valence-electron chi connectivity index (χ1n) is 9.03. The van der Waals surface area contributed by atoms with Crippen molar-refractivity contribution in [3.8, 4) is 0 Å².